The van der Waals surface area contributed by atoms with E-state index >= 15 is 0 Å². The number of carbonyl (C=O) groups is 1. The smallest absolute Gasteiger partial charge is 0.220 e. The van der Waals surface area contributed by atoms with Crippen molar-refractivity contribution in [3.05, 3.63) is 0 Å². The van der Waals surface area contributed by atoms with E-state index < -0.39 is 0 Å². The number of unbranched alkanes of at least 4 members (excludes halogenated alkanes) is 33. The van der Waals surface area contributed by atoms with Gasteiger partial charge in [-0.15, -0.1) is 0 Å². The molecule has 1 unspecified atom stereocenters. The van der Waals surface area contributed by atoms with Gasteiger partial charge in [-0.1, -0.05) is 232 Å². The van der Waals surface area contributed by atoms with Crippen LogP contribution in [0.2, 0.25) is 0 Å². The van der Waals surface area contributed by atoms with Crippen LogP contribution in [0.1, 0.15) is 251 Å². The summed E-state index contributed by atoms with van der Waals surface area (Å²) >= 11 is 0. The molecule has 270 valence electrons. The summed E-state index contributed by atoms with van der Waals surface area (Å²) in [5.74, 6) is 0.136. The van der Waals surface area contributed by atoms with Gasteiger partial charge in [-0.25, -0.2) is 0 Å². The highest BCUT2D eigenvalue weighted by Crippen LogP contribution is 2.16. The molecule has 0 spiro atoms. The molecule has 1 atom stereocenters. The van der Waals surface area contributed by atoms with Crippen molar-refractivity contribution >= 4 is 5.91 Å². The summed E-state index contributed by atoms with van der Waals surface area (Å²) in [6, 6.07) is -0.0508. The number of nitrogens with one attached hydrogen (secondary N) is 1. The van der Waals surface area contributed by atoms with Crippen molar-refractivity contribution in [3.63, 3.8) is 0 Å². The van der Waals surface area contributed by atoms with Crippen LogP contribution >= 0.6 is 0 Å². The minimum atomic E-state index is -0.0508. The molecule has 45 heavy (non-hydrogen) atoms. The van der Waals surface area contributed by atoms with Crippen LogP contribution in [0.4, 0.5) is 0 Å². The van der Waals surface area contributed by atoms with Gasteiger partial charge in [-0.2, -0.15) is 0 Å². The van der Waals surface area contributed by atoms with Gasteiger partial charge in [0, 0.05) is 6.42 Å². The zero-order valence-corrected chi connectivity index (χ0v) is 31.3. The van der Waals surface area contributed by atoms with Crippen molar-refractivity contribution in [2.45, 2.75) is 257 Å². The van der Waals surface area contributed by atoms with E-state index in [1.54, 1.807) is 0 Å². The Kier molecular flexibility index (Phi) is 39.1. The van der Waals surface area contributed by atoms with Crippen LogP contribution in [-0.4, -0.2) is 23.7 Å². The number of hydrogen-bond acceptors (Lipinski definition) is 2. The van der Waals surface area contributed by atoms with Gasteiger partial charge in [0.2, 0.25) is 5.91 Å². The third-order valence-electron chi connectivity index (χ3n) is 10.00. The summed E-state index contributed by atoms with van der Waals surface area (Å²) in [4.78, 5) is 12.3. The second-order valence-electron chi connectivity index (χ2n) is 14.7. The summed E-state index contributed by atoms with van der Waals surface area (Å²) in [6.07, 6.45) is 49.7. The Bertz CT molecular complexity index is 551. The van der Waals surface area contributed by atoms with Crippen LogP contribution in [0.5, 0.6) is 0 Å². The van der Waals surface area contributed by atoms with E-state index in [1.807, 2.05) is 0 Å². The standard InChI is InChI=1S/C42H85NO2/c1-3-5-7-9-11-13-15-17-18-19-20-21-22-23-24-25-26-27-29-31-33-35-37-39-42(45)43-41(40-44)38-36-34-32-30-28-16-14-12-10-8-6-4-2/h41,44H,3-40H2,1-2H3,(H,43,45). The largest absolute Gasteiger partial charge is 0.394 e. The summed E-state index contributed by atoms with van der Waals surface area (Å²) < 4.78 is 0. The predicted octanol–water partition coefficient (Wildman–Crippen LogP) is 13.9. The average molecular weight is 636 g/mol. The Morgan fingerprint density at radius 3 is 0.911 bits per heavy atom. The van der Waals surface area contributed by atoms with Gasteiger partial charge in [0.1, 0.15) is 0 Å². The van der Waals surface area contributed by atoms with E-state index in [0.29, 0.717) is 6.42 Å². The van der Waals surface area contributed by atoms with E-state index in [1.165, 1.54) is 205 Å². The number of aliphatic hydroxyl groups excluding tert-OH is 1. The topological polar surface area (TPSA) is 49.3 Å². The number of amides is 1. The van der Waals surface area contributed by atoms with Crippen LogP contribution in [0.25, 0.3) is 0 Å². The lowest BCUT2D eigenvalue weighted by Gasteiger charge is -2.16. The van der Waals surface area contributed by atoms with Crippen LogP contribution in [0.3, 0.4) is 0 Å². The highest BCUT2D eigenvalue weighted by atomic mass is 16.3. The molecule has 0 radical (unpaired) electrons. The van der Waals surface area contributed by atoms with Gasteiger partial charge in [0.05, 0.1) is 12.6 Å². The fourth-order valence-corrected chi connectivity index (χ4v) is 6.81. The molecule has 0 aliphatic heterocycles. The Morgan fingerprint density at radius 2 is 0.644 bits per heavy atom. The Balaban J connectivity index is 3.32. The predicted molar refractivity (Wildman–Crippen MR) is 201 cm³/mol. The zero-order valence-electron chi connectivity index (χ0n) is 31.3. The molecule has 0 aliphatic carbocycles. The number of aliphatic hydroxyl groups is 1. The Hall–Kier alpha value is -0.570. The first kappa shape index (κ1) is 44.4. The van der Waals surface area contributed by atoms with Crippen molar-refractivity contribution < 1.29 is 9.90 Å². The quantitative estimate of drug-likeness (QED) is 0.0660. The van der Waals surface area contributed by atoms with E-state index in [4.69, 9.17) is 0 Å². The molecule has 0 saturated heterocycles. The molecule has 2 N–H and O–H groups in total. The van der Waals surface area contributed by atoms with E-state index in [-0.39, 0.29) is 18.6 Å². The number of rotatable bonds is 39. The molecular weight excluding hydrogens is 550 g/mol. The summed E-state index contributed by atoms with van der Waals surface area (Å²) in [5.41, 5.74) is 0. The highest BCUT2D eigenvalue weighted by molar-refractivity contribution is 5.76. The maximum Gasteiger partial charge on any atom is 0.220 e. The van der Waals surface area contributed by atoms with Crippen molar-refractivity contribution in [1.29, 1.82) is 0 Å². The molecule has 0 heterocycles. The van der Waals surface area contributed by atoms with E-state index in [2.05, 4.69) is 19.2 Å². The average Bonchev–Trinajstić information content (AvgIpc) is 3.05. The van der Waals surface area contributed by atoms with Gasteiger partial charge in [0.25, 0.3) is 0 Å². The number of hydrogen-bond donors (Lipinski definition) is 2. The van der Waals surface area contributed by atoms with Gasteiger partial charge < -0.3 is 10.4 Å². The number of carbonyl (C=O) groups excluding carboxylic acids is 1. The lowest BCUT2D eigenvalue weighted by Crippen LogP contribution is -2.37. The lowest BCUT2D eigenvalue weighted by molar-refractivity contribution is -0.122. The van der Waals surface area contributed by atoms with Gasteiger partial charge >= 0.3 is 0 Å². The molecule has 0 aromatic carbocycles. The minimum absolute atomic E-state index is 0.0508. The monoisotopic (exact) mass is 636 g/mol. The van der Waals surface area contributed by atoms with Crippen molar-refractivity contribution in [1.82, 2.24) is 5.32 Å². The fraction of sp³-hybridized carbons (Fsp3) is 0.976. The third kappa shape index (κ3) is 37.8. The molecule has 3 heteroatoms. The second kappa shape index (κ2) is 39.6. The summed E-state index contributed by atoms with van der Waals surface area (Å²) in [7, 11) is 0. The van der Waals surface area contributed by atoms with Crippen LogP contribution in [0.15, 0.2) is 0 Å². The third-order valence-corrected chi connectivity index (χ3v) is 10.00. The fourth-order valence-electron chi connectivity index (χ4n) is 6.81. The molecule has 0 fully saturated rings. The van der Waals surface area contributed by atoms with Crippen molar-refractivity contribution in [3.8, 4) is 0 Å². The Labute approximate surface area is 284 Å². The molecule has 0 aliphatic rings. The highest BCUT2D eigenvalue weighted by Gasteiger charge is 2.10. The Morgan fingerprint density at radius 1 is 0.400 bits per heavy atom. The minimum Gasteiger partial charge on any atom is -0.394 e. The van der Waals surface area contributed by atoms with Crippen LogP contribution < -0.4 is 5.32 Å². The van der Waals surface area contributed by atoms with Gasteiger partial charge in [0.15, 0.2) is 0 Å². The lowest BCUT2D eigenvalue weighted by atomic mass is 10.0. The zero-order chi connectivity index (χ0) is 32.7. The molecule has 0 rings (SSSR count). The molecule has 0 saturated carbocycles. The first-order valence-corrected chi connectivity index (χ1v) is 21.1. The van der Waals surface area contributed by atoms with Gasteiger partial charge in [-0.05, 0) is 12.8 Å². The maximum atomic E-state index is 12.3. The normalized spacial score (nSPS) is 12.2. The molecule has 0 bridgehead atoms. The van der Waals surface area contributed by atoms with E-state index in [0.717, 1.165) is 25.7 Å². The molecule has 0 aromatic rings. The molecule has 0 aromatic heterocycles. The molecule has 1 amide bonds. The van der Waals surface area contributed by atoms with Crippen LogP contribution in [0, 0.1) is 0 Å². The summed E-state index contributed by atoms with van der Waals surface area (Å²) in [5, 5.41) is 12.8. The maximum absolute atomic E-state index is 12.3. The molecule has 3 nitrogen and oxygen atoms in total. The van der Waals surface area contributed by atoms with Crippen molar-refractivity contribution in [2.24, 2.45) is 0 Å². The van der Waals surface area contributed by atoms with E-state index in [9.17, 15) is 9.90 Å². The van der Waals surface area contributed by atoms with Crippen LogP contribution in [-0.2, 0) is 4.79 Å². The SMILES string of the molecule is CCCCCCCCCCCCCCCCCCCCCCCCCC(=O)NC(CO)CCCCCCCCCCCCCC. The first-order chi connectivity index (χ1) is 22.2. The van der Waals surface area contributed by atoms with Gasteiger partial charge in [-0.3, -0.25) is 4.79 Å². The summed E-state index contributed by atoms with van der Waals surface area (Å²) in [6.45, 7) is 4.65. The molecular formula is C42H85NO2. The first-order valence-electron chi connectivity index (χ1n) is 21.1. The van der Waals surface area contributed by atoms with Crippen molar-refractivity contribution in [2.75, 3.05) is 6.61 Å². The second-order valence-corrected chi connectivity index (χ2v) is 14.7.